The van der Waals surface area contributed by atoms with Crippen LogP contribution in [0.3, 0.4) is 0 Å². The van der Waals surface area contributed by atoms with E-state index in [1.165, 1.54) is 43.6 Å². The normalized spacial score (nSPS) is 12.3. The molecule has 0 aliphatic carbocycles. The van der Waals surface area contributed by atoms with Crippen molar-refractivity contribution in [3.05, 3.63) is 82.2 Å². The van der Waals surface area contributed by atoms with Gasteiger partial charge in [-0.1, -0.05) is 6.92 Å². The fraction of sp³-hybridized carbons (Fsp3) is 0.240. The Morgan fingerprint density at radius 3 is 2.33 bits per heavy atom. The quantitative estimate of drug-likeness (QED) is 0.223. The van der Waals surface area contributed by atoms with Crippen LogP contribution in [0.15, 0.2) is 52.0 Å². The number of ketones is 1. The van der Waals surface area contributed by atoms with Crippen molar-refractivity contribution in [2.45, 2.75) is 31.8 Å². The number of ether oxygens (including phenoxy) is 1. The minimum atomic E-state index is -1.92. The average Bonchev–Trinajstić information content (AvgIpc) is 3.44. The van der Waals surface area contributed by atoms with Gasteiger partial charge in [-0.15, -0.1) is 0 Å². The molecule has 0 fully saturated rings. The Balaban J connectivity index is 1.79. The number of aromatic nitrogens is 1. The molecule has 1 aromatic carbocycles. The van der Waals surface area contributed by atoms with E-state index in [0.29, 0.717) is 0 Å². The van der Waals surface area contributed by atoms with Gasteiger partial charge >= 0.3 is 5.97 Å². The molecule has 2 atom stereocenters. The molecule has 212 valence electrons. The Kier molecular flexibility index (Phi) is 9.42. The summed E-state index contributed by atoms with van der Waals surface area (Å²) in [6.45, 7) is 0.242. The number of benzene rings is 1. The van der Waals surface area contributed by atoms with Crippen molar-refractivity contribution in [3.63, 3.8) is 0 Å². The number of nitrogens with zero attached hydrogens (tertiary/aromatic N) is 1. The summed E-state index contributed by atoms with van der Waals surface area (Å²) in [6, 6.07) is 2.24. The van der Waals surface area contributed by atoms with Crippen molar-refractivity contribution >= 4 is 29.3 Å². The lowest BCUT2D eigenvalue weighted by atomic mass is 10.1. The topological polar surface area (TPSA) is 157 Å². The Morgan fingerprint density at radius 1 is 1.07 bits per heavy atom. The number of nitrogens with one attached hydrogen (secondary N) is 2. The second-order valence-corrected chi connectivity index (χ2v) is 8.20. The van der Waals surface area contributed by atoms with E-state index < -0.39 is 83.3 Å². The molecule has 0 spiro atoms. The molecule has 2 heterocycles. The number of carboxylic acids is 1. The van der Waals surface area contributed by atoms with Gasteiger partial charge in [-0.05, 0) is 30.7 Å². The summed E-state index contributed by atoms with van der Waals surface area (Å²) in [7, 11) is 0. The monoisotopic (exact) mass is 567 g/mol. The van der Waals surface area contributed by atoms with Gasteiger partial charge in [-0.2, -0.15) is 8.78 Å². The van der Waals surface area contributed by atoms with Crippen LogP contribution in [0.1, 0.15) is 36.4 Å². The number of anilines is 1. The molecule has 15 heteroatoms. The number of aliphatic carboxylic acids is 1. The van der Waals surface area contributed by atoms with Crippen molar-refractivity contribution in [1.29, 1.82) is 0 Å². The van der Waals surface area contributed by atoms with Crippen LogP contribution in [-0.4, -0.2) is 45.9 Å². The zero-order valence-electron chi connectivity index (χ0n) is 20.6. The summed E-state index contributed by atoms with van der Waals surface area (Å²) >= 11 is 0. The van der Waals surface area contributed by atoms with Crippen LogP contribution in [0.2, 0.25) is 0 Å². The van der Waals surface area contributed by atoms with Gasteiger partial charge in [0.1, 0.15) is 24.4 Å². The van der Waals surface area contributed by atoms with Crippen LogP contribution >= 0.6 is 0 Å². The van der Waals surface area contributed by atoms with Crippen LogP contribution in [0.25, 0.3) is 0 Å². The maximum Gasteiger partial charge on any atom is 0.305 e. The molecule has 40 heavy (non-hydrogen) atoms. The number of Topliss-reactive ketones (excluding diaryl/α,β-unsaturated/α-hetero) is 1. The number of amides is 2. The highest BCUT2D eigenvalue weighted by atomic mass is 19.2. The van der Waals surface area contributed by atoms with Crippen LogP contribution in [0, 0.1) is 23.3 Å². The SMILES string of the molecule is CCC(C(=O)N[C@@H](CC(=O)O)C(=O)COc1c(F)c(F)cc(F)c1F)n1cccc(NC(=O)c2ccco2)c1=O. The molecule has 1 unspecified atom stereocenters. The third kappa shape index (κ3) is 6.73. The highest BCUT2D eigenvalue weighted by molar-refractivity contribution is 6.02. The molecule has 11 nitrogen and oxygen atoms in total. The first-order chi connectivity index (χ1) is 18.9. The molecule has 0 radical (unpaired) electrons. The van der Waals surface area contributed by atoms with Gasteiger partial charge in [0.15, 0.2) is 28.9 Å². The van der Waals surface area contributed by atoms with Gasteiger partial charge < -0.3 is 29.5 Å². The third-order valence-electron chi connectivity index (χ3n) is 5.51. The van der Waals surface area contributed by atoms with E-state index in [9.17, 15) is 46.6 Å². The first kappa shape index (κ1) is 29.6. The van der Waals surface area contributed by atoms with Crippen LogP contribution in [0.5, 0.6) is 5.75 Å². The van der Waals surface area contributed by atoms with Crippen molar-refractivity contribution < 1.29 is 51.0 Å². The smallest absolute Gasteiger partial charge is 0.305 e. The van der Waals surface area contributed by atoms with Gasteiger partial charge in [-0.25, -0.2) is 8.78 Å². The number of carbonyl (C=O) groups excluding carboxylic acids is 3. The first-order valence-corrected chi connectivity index (χ1v) is 11.5. The van der Waals surface area contributed by atoms with E-state index in [4.69, 9.17) is 4.42 Å². The maximum absolute atomic E-state index is 13.8. The molecule has 0 bridgehead atoms. The summed E-state index contributed by atoms with van der Waals surface area (Å²) in [5.74, 6) is -13.6. The highest BCUT2D eigenvalue weighted by Crippen LogP contribution is 2.26. The fourth-order valence-corrected chi connectivity index (χ4v) is 3.56. The lowest BCUT2D eigenvalue weighted by Crippen LogP contribution is -2.48. The maximum atomic E-state index is 13.8. The number of halogens is 4. The second kappa shape index (κ2) is 12.7. The first-order valence-electron chi connectivity index (χ1n) is 11.5. The fourth-order valence-electron chi connectivity index (χ4n) is 3.56. The van der Waals surface area contributed by atoms with E-state index in [-0.39, 0.29) is 23.9 Å². The summed E-state index contributed by atoms with van der Waals surface area (Å²) < 4.78 is 65.0. The summed E-state index contributed by atoms with van der Waals surface area (Å²) in [6.07, 6.45) is 1.44. The zero-order chi connectivity index (χ0) is 29.6. The molecule has 3 aromatic rings. The number of carboxylic acid groups (broad SMARTS) is 1. The zero-order valence-corrected chi connectivity index (χ0v) is 20.6. The largest absolute Gasteiger partial charge is 0.481 e. The molecular weight excluding hydrogens is 546 g/mol. The molecule has 0 saturated heterocycles. The molecule has 0 aliphatic rings. The van der Waals surface area contributed by atoms with Gasteiger partial charge in [0.05, 0.1) is 12.7 Å². The Bertz CT molecular complexity index is 1460. The average molecular weight is 567 g/mol. The lowest BCUT2D eigenvalue weighted by Gasteiger charge is -2.22. The van der Waals surface area contributed by atoms with E-state index in [0.717, 1.165) is 4.57 Å². The lowest BCUT2D eigenvalue weighted by molar-refractivity contribution is -0.140. The van der Waals surface area contributed by atoms with Gasteiger partial charge in [0, 0.05) is 12.3 Å². The van der Waals surface area contributed by atoms with Gasteiger partial charge in [-0.3, -0.25) is 24.0 Å². The number of rotatable bonds is 12. The van der Waals surface area contributed by atoms with Crippen molar-refractivity contribution in [1.82, 2.24) is 9.88 Å². The predicted octanol–water partition coefficient (Wildman–Crippen LogP) is 2.81. The standard InChI is InChI=1S/C25H21F4N3O8/c1-2-16(32-7-3-5-14(25(32)38)30-24(37)18-6-4-8-39-18)23(36)31-15(10-19(34)35)17(33)11-40-22-20(28)12(26)9-13(27)21(22)29/h3-9,15-16H,2,10-11H2,1H3,(H,30,37)(H,31,36)(H,34,35)/t15-,16?/m0/s1. The van der Waals surface area contributed by atoms with E-state index in [1.807, 2.05) is 0 Å². The number of hydrogen-bond acceptors (Lipinski definition) is 7. The number of pyridine rings is 1. The van der Waals surface area contributed by atoms with Crippen molar-refractivity contribution in [2.75, 3.05) is 11.9 Å². The molecule has 2 aromatic heterocycles. The highest BCUT2D eigenvalue weighted by Gasteiger charge is 2.30. The van der Waals surface area contributed by atoms with Crippen LogP contribution in [-0.2, 0) is 14.4 Å². The number of carbonyl (C=O) groups is 4. The van der Waals surface area contributed by atoms with Crippen LogP contribution < -0.4 is 20.9 Å². The Labute approximate surface area is 222 Å². The second-order valence-electron chi connectivity index (χ2n) is 8.20. The molecular formula is C25H21F4N3O8. The number of furan rings is 1. The summed E-state index contributed by atoms with van der Waals surface area (Å²) in [5.41, 5.74) is -1.03. The predicted molar refractivity (Wildman–Crippen MR) is 128 cm³/mol. The molecule has 0 aliphatic heterocycles. The van der Waals surface area contributed by atoms with Gasteiger partial charge in [0.2, 0.25) is 17.5 Å². The summed E-state index contributed by atoms with van der Waals surface area (Å²) in [4.78, 5) is 62.2. The number of hydrogen-bond donors (Lipinski definition) is 3. The van der Waals surface area contributed by atoms with E-state index >= 15 is 0 Å². The Hall–Kier alpha value is -4.95. The van der Waals surface area contributed by atoms with E-state index in [1.54, 1.807) is 0 Å². The third-order valence-corrected chi connectivity index (χ3v) is 5.51. The van der Waals surface area contributed by atoms with Crippen molar-refractivity contribution in [3.8, 4) is 5.75 Å². The van der Waals surface area contributed by atoms with Crippen LogP contribution in [0.4, 0.5) is 23.2 Å². The molecule has 0 saturated carbocycles. The minimum Gasteiger partial charge on any atom is -0.481 e. The minimum absolute atomic E-state index is 0.0369. The van der Waals surface area contributed by atoms with Crippen molar-refractivity contribution in [2.24, 2.45) is 0 Å². The molecule has 3 rings (SSSR count). The summed E-state index contributed by atoms with van der Waals surface area (Å²) in [5, 5.41) is 13.7. The van der Waals surface area contributed by atoms with Gasteiger partial charge in [0.25, 0.3) is 11.5 Å². The van der Waals surface area contributed by atoms with E-state index in [2.05, 4.69) is 15.4 Å². The Morgan fingerprint density at radius 2 is 1.75 bits per heavy atom. The molecule has 3 N–H and O–H groups in total. The molecule has 2 amide bonds.